The Hall–Kier alpha value is -1.88. The van der Waals surface area contributed by atoms with Crippen molar-refractivity contribution in [3.05, 3.63) is 35.4 Å². The van der Waals surface area contributed by atoms with E-state index in [9.17, 15) is 9.59 Å². The van der Waals surface area contributed by atoms with Crippen LogP contribution < -0.4 is 5.32 Å². The highest BCUT2D eigenvalue weighted by molar-refractivity contribution is 5.76. The molecule has 0 aromatic heterocycles. The summed E-state index contributed by atoms with van der Waals surface area (Å²) in [5, 5.41) is 11.6. The van der Waals surface area contributed by atoms with Crippen molar-refractivity contribution in [1.82, 2.24) is 5.32 Å². The van der Waals surface area contributed by atoms with E-state index < -0.39 is 12.1 Å². The number of carboxylic acid groups (broad SMARTS) is 1. The summed E-state index contributed by atoms with van der Waals surface area (Å²) < 4.78 is 5.33. The van der Waals surface area contributed by atoms with Gasteiger partial charge in [-0.2, -0.15) is 0 Å². The number of carbonyl (C=O) groups is 2. The third-order valence-corrected chi connectivity index (χ3v) is 3.67. The van der Waals surface area contributed by atoms with E-state index in [2.05, 4.69) is 5.32 Å². The number of hydrogen-bond donors (Lipinski definition) is 2. The summed E-state index contributed by atoms with van der Waals surface area (Å²) in [7, 11) is 0. The van der Waals surface area contributed by atoms with Crippen LogP contribution in [0.2, 0.25) is 0 Å². The second kappa shape index (κ2) is 7.22. The molecule has 21 heavy (non-hydrogen) atoms. The van der Waals surface area contributed by atoms with Gasteiger partial charge in [-0.1, -0.05) is 29.8 Å². The topological polar surface area (TPSA) is 75.6 Å². The summed E-state index contributed by atoms with van der Waals surface area (Å²) in [6.07, 6.45) is 1.41. The van der Waals surface area contributed by atoms with E-state index in [0.29, 0.717) is 32.2 Å². The highest BCUT2D eigenvalue weighted by atomic mass is 16.5. The van der Waals surface area contributed by atoms with Crippen LogP contribution in [-0.2, 0) is 20.7 Å². The lowest BCUT2D eigenvalue weighted by Crippen LogP contribution is -2.33. The molecule has 0 saturated carbocycles. The van der Waals surface area contributed by atoms with Gasteiger partial charge in [-0.25, -0.2) is 4.79 Å². The number of aliphatic carboxylic acids is 1. The lowest BCUT2D eigenvalue weighted by Gasteiger charge is -2.12. The molecule has 0 aliphatic carbocycles. The smallest absolute Gasteiger partial charge is 0.332 e. The minimum Gasteiger partial charge on any atom is -0.479 e. The predicted octanol–water partition coefficient (Wildman–Crippen LogP) is 1.68. The lowest BCUT2D eigenvalue weighted by atomic mass is 10.1. The Kier molecular flexibility index (Phi) is 5.33. The molecule has 2 atom stereocenters. The molecule has 1 heterocycles. The third-order valence-electron chi connectivity index (χ3n) is 3.67. The quantitative estimate of drug-likeness (QED) is 0.836. The highest BCUT2D eigenvalue weighted by Gasteiger charge is 2.30. The molecule has 114 valence electrons. The molecule has 1 saturated heterocycles. The number of carbonyl (C=O) groups excluding carboxylic acids is 1. The Labute approximate surface area is 124 Å². The number of hydrogen-bond acceptors (Lipinski definition) is 3. The van der Waals surface area contributed by atoms with Crippen LogP contribution in [-0.4, -0.2) is 35.7 Å². The summed E-state index contributed by atoms with van der Waals surface area (Å²) in [4.78, 5) is 22.5. The average Bonchev–Trinajstić information content (AvgIpc) is 2.93. The molecular weight excluding hydrogens is 270 g/mol. The van der Waals surface area contributed by atoms with Crippen LogP contribution in [0.5, 0.6) is 0 Å². The average molecular weight is 291 g/mol. The third kappa shape index (κ3) is 4.86. The van der Waals surface area contributed by atoms with Gasteiger partial charge in [0, 0.05) is 13.0 Å². The minimum absolute atomic E-state index is 0.0297. The summed E-state index contributed by atoms with van der Waals surface area (Å²) in [5.41, 5.74) is 2.34. The molecule has 5 nitrogen and oxygen atoms in total. The number of carboxylic acids is 1. The maximum Gasteiger partial charge on any atom is 0.332 e. The van der Waals surface area contributed by atoms with Crippen LogP contribution >= 0.6 is 0 Å². The van der Waals surface area contributed by atoms with E-state index in [1.165, 1.54) is 5.56 Å². The van der Waals surface area contributed by atoms with Crippen LogP contribution in [0, 0.1) is 6.92 Å². The van der Waals surface area contributed by atoms with Crippen molar-refractivity contribution < 1.29 is 19.4 Å². The first kappa shape index (κ1) is 15.5. The molecule has 2 rings (SSSR count). The van der Waals surface area contributed by atoms with E-state index in [-0.39, 0.29) is 12.0 Å². The van der Waals surface area contributed by atoms with Crippen molar-refractivity contribution in [2.45, 2.75) is 44.8 Å². The van der Waals surface area contributed by atoms with Gasteiger partial charge in [0.2, 0.25) is 5.91 Å². The zero-order valence-electron chi connectivity index (χ0n) is 12.2. The molecule has 2 unspecified atom stereocenters. The standard InChI is InChI=1S/C16H21NO4/c1-11-2-4-12(5-3-11)6-9-15(18)17-10-13-7-8-14(21-13)16(19)20/h2-5,13-14H,6-10H2,1H3,(H,17,18)(H,19,20). The van der Waals surface area contributed by atoms with Gasteiger partial charge in [0.15, 0.2) is 6.10 Å². The van der Waals surface area contributed by atoms with Crippen molar-refractivity contribution in [2.24, 2.45) is 0 Å². The van der Waals surface area contributed by atoms with Gasteiger partial charge in [-0.15, -0.1) is 0 Å². The second-order valence-electron chi connectivity index (χ2n) is 5.45. The molecule has 1 aliphatic heterocycles. The van der Waals surface area contributed by atoms with Gasteiger partial charge in [0.1, 0.15) is 0 Å². The zero-order valence-corrected chi connectivity index (χ0v) is 12.2. The number of benzene rings is 1. The van der Waals surface area contributed by atoms with Crippen LogP contribution in [0.4, 0.5) is 0 Å². The number of rotatable bonds is 6. The normalized spacial score (nSPS) is 21.2. The molecule has 1 fully saturated rings. The fraction of sp³-hybridized carbons (Fsp3) is 0.500. The van der Waals surface area contributed by atoms with Gasteiger partial charge in [-0.05, 0) is 31.7 Å². The Morgan fingerprint density at radius 2 is 2.00 bits per heavy atom. The molecular formula is C16H21NO4. The van der Waals surface area contributed by atoms with Gasteiger partial charge < -0.3 is 15.2 Å². The van der Waals surface area contributed by atoms with Crippen LogP contribution in [0.15, 0.2) is 24.3 Å². The first-order valence-electron chi connectivity index (χ1n) is 7.25. The maximum atomic E-state index is 11.8. The first-order valence-corrected chi connectivity index (χ1v) is 7.25. The largest absolute Gasteiger partial charge is 0.479 e. The first-order chi connectivity index (χ1) is 10.0. The molecule has 5 heteroatoms. The fourth-order valence-electron chi connectivity index (χ4n) is 2.37. The molecule has 2 N–H and O–H groups in total. The Morgan fingerprint density at radius 3 is 2.62 bits per heavy atom. The molecule has 1 aliphatic rings. The predicted molar refractivity (Wildman–Crippen MR) is 78.0 cm³/mol. The maximum absolute atomic E-state index is 11.8. The Balaban J connectivity index is 1.66. The van der Waals surface area contributed by atoms with Crippen LogP contribution in [0.3, 0.4) is 0 Å². The zero-order chi connectivity index (χ0) is 15.2. The molecule has 0 radical (unpaired) electrons. The molecule has 1 aromatic rings. The number of ether oxygens (including phenoxy) is 1. The number of aryl methyl sites for hydroxylation is 2. The SMILES string of the molecule is Cc1ccc(CCC(=O)NCC2CCC(C(=O)O)O2)cc1. The van der Waals surface area contributed by atoms with Gasteiger partial charge in [-0.3, -0.25) is 4.79 Å². The van der Waals surface area contributed by atoms with E-state index in [1.54, 1.807) is 0 Å². The van der Waals surface area contributed by atoms with Crippen molar-refractivity contribution >= 4 is 11.9 Å². The number of nitrogens with one attached hydrogen (secondary N) is 1. The van der Waals surface area contributed by atoms with E-state index in [0.717, 1.165) is 5.56 Å². The summed E-state index contributed by atoms with van der Waals surface area (Å²) >= 11 is 0. The molecule has 1 amide bonds. The highest BCUT2D eigenvalue weighted by Crippen LogP contribution is 2.19. The van der Waals surface area contributed by atoms with Crippen molar-refractivity contribution in [1.29, 1.82) is 0 Å². The Morgan fingerprint density at radius 1 is 1.29 bits per heavy atom. The van der Waals surface area contributed by atoms with E-state index in [1.807, 2.05) is 31.2 Å². The van der Waals surface area contributed by atoms with Crippen molar-refractivity contribution in [3.8, 4) is 0 Å². The molecule has 0 spiro atoms. The minimum atomic E-state index is -0.928. The van der Waals surface area contributed by atoms with Gasteiger partial charge >= 0.3 is 5.97 Å². The monoisotopic (exact) mass is 291 g/mol. The van der Waals surface area contributed by atoms with E-state index >= 15 is 0 Å². The van der Waals surface area contributed by atoms with Gasteiger partial charge in [0.05, 0.1) is 6.10 Å². The fourth-order valence-corrected chi connectivity index (χ4v) is 2.37. The Bertz CT molecular complexity index is 498. The van der Waals surface area contributed by atoms with Crippen molar-refractivity contribution in [3.63, 3.8) is 0 Å². The van der Waals surface area contributed by atoms with Crippen molar-refractivity contribution in [2.75, 3.05) is 6.54 Å². The molecule has 0 bridgehead atoms. The van der Waals surface area contributed by atoms with Crippen LogP contribution in [0.1, 0.15) is 30.4 Å². The number of amides is 1. The summed E-state index contributed by atoms with van der Waals surface area (Å²) in [6.45, 7) is 2.42. The molecule has 1 aromatic carbocycles. The van der Waals surface area contributed by atoms with Crippen LogP contribution in [0.25, 0.3) is 0 Å². The van der Waals surface area contributed by atoms with Gasteiger partial charge in [0.25, 0.3) is 0 Å². The summed E-state index contributed by atoms with van der Waals surface area (Å²) in [6, 6.07) is 8.12. The lowest BCUT2D eigenvalue weighted by molar-refractivity contribution is -0.149. The van der Waals surface area contributed by atoms with E-state index in [4.69, 9.17) is 9.84 Å². The summed E-state index contributed by atoms with van der Waals surface area (Å²) in [5.74, 6) is -0.957. The second-order valence-corrected chi connectivity index (χ2v) is 5.45.